The molecular formula is C16H21F3N2O. The van der Waals surface area contributed by atoms with E-state index in [2.05, 4.69) is 0 Å². The Hall–Kier alpha value is -1.56. The first-order valence-electron chi connectivity index (χ1n) is 7.50. The minimum Gasteiger partial charge on any atom is -0.338 e. The number of nitrogens with two attached hydrogens (primary N) is 1. The number of likely N-dealkylation sites (tertiary alicyclic amines) is 1. The lowest BCUT2D eigenvalue weighted by molar-refractivity contribution is -0.139. The van der Waals surface area contributed by atoms with E-state index in [9.17, 15) is 18.0 Å². The van der Waals surface area contributed by atoms with Crippen LogP contribution in [0.2, 0.25) is 0 Å². The Labute approximate surface area is 128 Å². The summed E-state index contributed by atoms with van der Waals surface area (Å²) < 4.78 is 39.2. The molecule has 3 nitrogen and oxygen atoms in total. The molecule has 1 aromatic carbocycles. The molecule has 2 atom stereocenters. The molecule has 0 spiro atoms. The molecule has 1 heterocycles. The molecule has 1 aliphatic rings. The van der Waals surface area contributed by atoms with Gasteiger partial charge < -0.3 is 10.6 Å². The van der Waals surface area contributed by atoms with Crippen LogP contribution in [0.15, 0.2) is 24.3 Å². The summed E-state index contributed by atoms with van der Waals surface area (Å²) in [5, 5.41) is 0. The molecule has 1 amide bonds. The summed E-state index contributed by atoms with van der Waals surface area (Å²) in [6, 6.07) is 5.48. The molecule has 0 bridgehead atoms. The number of nitrogens with zero attached hydrogens (tertiary/aromatic N) is 1. The van der Waals surface area contributed by atoms with Gasteiger partial charge in [0.25, 0.3) is 0 Å². The third-order valence-corrected chi connectivity index (χ3v) is 4.25. The van der Waals surface area contributed by atoms with Crippen LogP contribution in [0.1, 0.15) is 43.2 Å². The molecule has 22 heavy (non-hydrogen) atoms. The minimum atomic E-state index is -4.40. The van der Waals surface area contributed by atoms with Gasteiger partial charge >= 0.3 is 6.18 Å². The number of rotatable bonds is 4. The van der Waals surface area contributed by atoms with E-state index < -0.39 is 17.7 Å². The van der Waals surface area contributed by atoms with Gasteiger partial charge in [0.1, 0.15) is 0 Å². The van der Waals surface area contributed by atoms with Crippen LogP contribution >= 0.6 is 0 Å². The number of carbonyl (C=O) groups is 1. The summed E-state index contributed by atoms with van der Waals surface area (Å²) in [5.41, 5.74) is 5.16. The first-order chi connectivity index (χ1) is 10.3. The molecule has 0 aliphatic carbocycles. The van der Waals surface area contributed by atoms with E-state index in [0.717, 1.165) is 18.9 Å². The summed E-state index contributed by atoms with van der Waals surface area (Å²) >= 11 is 0. The van der Waals surface area contributed by atoms with Gasteiger partial charge in [0, 0.05) is 25.6 Å². The Morgan fingerprint density at radius 2 is 2.09 bits per heavy atom. The first-order valence-corrected chi connectivity index (χ1v) is 7.50. The van der Waals surface area contributed by atoms with E-state index in [4.69, 9.17) is 5.73 Å². The molecule has 6 heteroatoms. The second-order valence-electron chi connectivity index (χ2n) is 5.81. The largest absolute Gasteiger partial charge is 0.416 e. The Bertz CT molecular complexity index is 530. The number of halogens is 3. The van der Waals surface area contributed by atoms with Gasteiger partial charge in [-0.3, -0.25) is 4.79 Å². The Kier molecular flexibility index (Phi) is 5.11. The summed E-state index contributed by atoms with van der Waals surface area (Å²) in [6.45, 7) is 2.71. The fourth-order valence-electron chi connectivity index (χ4n) is 3.08. The molecule has 1 saturated heterocycles. The smallest absolute Gasteiger partial charge is 0.338 e. The number of alkyl halides is 3. The van der Waals surface area contributed by atoms with Gasteiger partial charge in [0.05, 0.1) is 5.56 Å². The lowest BCUT2D eigenvalue weighted by atomic mass is 9.92. The van der Waals surface area contributed by atoms with Crippen molar-refractivity contribution in [3.8, 4) is 0 Å². The molecule has 0 aromatic heterocycles. The van der Waals surface area contributed by atoms with E-state index in [1.54, 1.807) is 17.9 Å². The van der Waals surface area contributed by atoms with E-state index in [0.29, 0.717) is 13.1 Å². The van der Waals surface area contributed by atoms with E-state index >= 15 is 0 Å². The highest BCUT2D eigenvalue weighted by Gasteiger charge is 2.35. The van der Waals surface area contributed by atoms with E-state index in [1.807, 2.05) is 0 Å². The third-order valence-electron chi connectivity index (χ3n) is 4.25. The van der Waals surface area contributed by atoms with Gasteiger partial charge in [-0.1, -0.05) is 25.1 Å². The highest BCUT2D eigenvalue weighted by Crippen LogP contribution is 2.36. The fourth-order valence-corrected chi connectivity index (χ4v) is 3.08. The third kappa shape index (κ3) is 3.61. The SMILES string of the molecule is C[C@@H](CC(=O)N1CCC[C@H]1CN)c1ccccc1C(F)(F)F. The van der Waals surface area contributed by atoms with Crippen LogP contribution in [0.4, 0.5) is 13.2 Å². The zero-order valence-electron chi connectivity index (χ0n) is 12.6. The van der Waals surface area contributed by atoms with Gasteiger partial charge in [-0.25, -0.2) is 0 Å². The normalized spacial score (nSPS) is 20.2. The number of amides is 1. The number of carbonyl (C=O) groups excluding carboxylic acids is 1. The van der Waals surface area contributed by atoms with E-state index in [-0.39, 0.29) is 23.9 Å². The first kappa shape index (κ1) is 16.8. The quantitative estimate of drug-likeness (QED) is 0.928. The topological polar surface area (TPSA) is 46.3 Å². The molecule has 0 unspecified atom stereocenters. The van der Waals surface area contributed by atoms with Crippen molar-refractivity contribution in [3.63, 3.8) is 0 Å². The van der Waals surface area contributed by atoms with Gasteiger partial charge in [-0.05, 0) is 30.4 Å². The van der Waals surface area contributed by atoms with Crippen molar-refractivity contribution in [1.82, 2.24) is 4.90 Å². The summed E-state index contributed by atoms with van der Waals surface area (Å²) in [5.74, 6) is -0.596. The zero-order chi connectivity index (χ0) is 16.3. The lowest BCUT2D eigenvalue weighted by Crippen LogP contribution is -2.40. The fraction of sp³-hybridized carbons (Fsp3) is 0.562. The van der Waals surface area contributed by atoms with Crippen molar-refractivity contribution < 1.29 is 18.0 Å². The van der Waals surface area contributed by atoms with Crippen LogP contribution in [0.25, 0.3) is 0 Å². The van der Waals surface area contributed by atoms with Crippen molar-refractivity contribution in [1.29, 1.82) is 0 Å². The molecule has 1 fully saturated rings. The highest BCUT2D eigenvalue weighted by atomic mass is 19.4. The molecule has 122 valence electrons. The minimum absolute atomic E-state index is 0.0255. The Morgan fingerprint density at radius 1 is 1.41 bits per heavy atom. The predicted octanol–water partition coefficient (Wildman–Crippen LogP) is 3.15. The lowest BCUT2D eigenvalue weighted by Gasteiger charge is -2.26. The predicted molar refractivity (Wildman–Crippen MR) is 78.3 cm³/mol. The molecule has 2 rings (SSSR count). The number of benzene rings is 1. The highest BCUT2D eigenvalue weighted by molar-refractivity contribution is 5.77. The monoisotopic (exact) mass is 314 g/mol. The van der Waals surface area contributed by atoms with Crippen LogP contribution < -0.4 is 5.73 Å². The van der Waals surface area contributed by atoms with Crippen molar-refractivity contribution in [3.05, 3.63) is 35.4 Å². The molecule has 0 saturated carbocycles. The molecule has 0 radical (unpaired) electrons. The van der Waals surface area contributed by atoms with Crippen LogP contribution in [-0.2, 0) is 11.0 Å². The van der Waals surface area contributed by atoms with E-state index in [1.165, 1.54) is 12.1 Å². The summed E-state index contributed by atoms with van der Waals surface area (Å²) in [6.07, 6.45) is -2.55. The molecule has 2 N–H and O–H groups in total. The maximum atomic E-state index is 13.1. The summed E-state index contributed by atoms with van der Waals surface area (Å²) in [7, 11) is 0. The van der Waals surface area contributed by atoms with Crippen molar-refractivity contribution >= 4 is 5.91 Å². The van der Waals surface area contributed by atoms with Crippen molar-refractivity contribution in [2.24, 2.45) is 5.73 Å². The van der Waals surface area contributed by atoms with Gasteiger partial charge in [0.15, 0.2) is 0 Å². The average molecular weight is 314 g/mol. The number of hydrogen-bond donors (Lipinski definition) is 1. The number of hydrogen-bond acceptors (Lipinski definition) is 2. The van der Waals surface area contributed by atoms with Gasteiger partial charge in [-0.15, -0.1) is 0 Å². The van der Waals surface area contributed by atoms with Gasteiger partial charge in [0.2, 0.25) is 5.91 Å². The summed E-state index contributed by atoms with van der Waals surface area (Å²) in [4.78, 5) is 14.1. The zero-order valence-corrected chi connectivity index (χ0v) is 12.6. The molecular weight excluding hydrogens is 293 g/mol. The maximum Gasteiger partial charge on any atom is 0.416 e. The van der Waals surface area contributed by atoms with Crippen molar-refractivity contribution in [2.75, 3.05) is 13.1 Å². The Balaban J connectivity index is 2.13. The Morgan fingerprint density at radius 3 is 2.73 bits per heavy atom. The molecule has 1 aliphatic heterocycles. The van der Waals surface area contributed by atoms with Gasteiger partial charge in [-0.2, -0.15) is 13.2 Å². The second kappa shape index (κ2) is 6.69. The van der Waals surface area contributed by atoms with Crippen LogP contribution in [0.3, 0.4) is 0 Å². The maximum absolute atomic E-state index is 13.1. The molecule has 1 aromatic rings. The van der Waals surface area contributed by atoms with Crippen LogP contribution in [0.5, 0.6) is 0 Å². The van der Waals surface area contributed by atoms with Crippen molar-refractivity contribution in [2.45, 2.75) is 44.3 Å². The van der Waals surface area contributed by atoms with Crippen LogP contribution in [0, 0.1) is 0 Å². The second-order valence-corrected chi connectivity index (χ2v) is 5.81. The standard InChI is InChI=1S/C16H21F3N2O/c1-11(9-15(22)21-8-4-5-12(21)10-20)13-6-2-3-7-14(13)16(17,18)19/h2-3,6-7,11-12H,4-5,8-10,20H2,1H3/t11-,12-/m0/s1. The average Bonchev–Trinajstić information content (AvgIpc) is 2.94. The van der Waals surface area contributed by atoms with Crippen LogP contribution in [-0.4, -0.2) is 29.9 Å².